The highest BCUT2D eigenvalue weighted by molar-refractivity contribution is 7.84. The molecular weight excluding hydrogens is 354 g/mol. The lowest BCUT2D eigenvalue weighted by molar-refractivity contribution is -0.175. The minimum Gasteiger partial charge on any atom is -0.378 e. The fraction of sp³-hybridized carbons (Fsp3) is 0. The minimum atomic E-state index is -5.84. The number of carbonyl (C=O) groups excluding carboxylic acids is 4. The maximum atomic E-state index is 12.5. The van der Waals surface area contributed by atoms with Crippen LogP contribution in [0.3, 0.4) is 0 Å². The first-order valence-electron chi connectivity index (χ1n) is 3.91. The van der Waals surface area contributed by atoms with Crippen molar-refractivity contribution in [3.8, 4) is 0 Å². The lowest BCUT2D eigenvalue weighted by Gasteiger charge is -2.08. The monoisotopic (exact) mass is 356 g/mol. The average Bonchev–Trinajstić information content (AvgIpc) is 2.32. The molecule has 0 unspecified atom stereocenters. The van der Waals surface area contributed by atoms with Crippen LogP contribution in [0.15, 0.2) is 0 Å². The van der Waals surface area contributed by atoms with Gasteiger partial charge in [-0.1, -0.05) is 8.96 Å². The van der Waals surface area contributed by atoms with Crippen LogP contribution in [0.2, 0.25) is 0 Å². The lowest BCUT2D eigenvalue weighted by atomic mass is 10.6. The molecule has 0 aromatic carbocycles. The van der Waals surface area contributed by atoms with E-state index in [1.807, 2.05) is 0 Å². The zero-order valence-corrected chi connectivity index (χ0v) is 10.7. The normalized spacial score (nSPS) is 11.4. The van der Waals surface area contributed by atoms with Gasteiger partial charge in [-0.3, -0.25) is 18.7 Å². The standard InChI is InChI=1S/C4H2F2N2O11S2/c5-7(20(13,14)15)1(9)3(11)19-4(12)2(10)8(6)21(16,17)18/h(H,13,14,15)(H,16,17,18). The number of carbonyl (C=O) groups is 4. The van der Waals surface area contributed by atoms with Gasteiger partial charge in [0.2, 0.25) is 0 Å². The van der Waals surface area contributed by atoms with Gasteiger partial charge < -0.3 is 4.74 Å². The summed E-state index contributed by atoms with van der Waals surface area (Å²) >= 11 is 0. The molecule has 2 N–H and O–H groups in total. The molecule has 0 spiro atoms. The summed E-state index contributed by atoms with van der Waals surface area (Å²) in [5, 5.41) is 0. The van der Waals surface area contributed by atoms with Gasteiger partial charge in [-0.25, -0.2) is 9.59 Å². The molecule has 13 nitrogen and oxygen atoms in total. The summed E-state index contributed by atoms with van der Waals surface area (Å²) in [6.07, 6.45) is 0. The quantitative estimate of drug-likeness (QED) is 0.169. The molecule has 0 aliphatic heterocycles. The largest absolute Gasteiger partial charge is 0.408 e. The van der Waals surface area contributed by atoms with Crippen LogP contribution >= 0.6 is 0 Å². The molecule has 0 fully saturated rings. The zero-order valence-electron chi connectivity index (χ0n) is 9.04. The van der Waals surface area contributed by atoms with Crippen LogP contribution in [-0.4, -0.2) is 58.7 Å². The molecule has 0 rings (SSSR count). The third kappa shape index (κ3) is 4.98. The van der Waals surface area contributed by atoms with Crippen LogP contribution in [0, 0.1) is 0 Å². The maximum Gasteiger partial charge on any atom is 0.408 e. The van der Waals surface area contributed by atoms with Gasteiger partial charge in [0.1, 0.15) is 0 Å². The van der Waals surface area contributed by atoms with E-state index >= 15 is 0 Å². The van der Waals surface area contributed by atoms with Crippen molar-refractivity contribution in [3.05, 3.63) is 0 Å². The molecule has 0 heterocycles. The van der Waals surface area contributed by atoms with Crippen molar-refractivity contribution in [2.75, 3.05) is 0 Å². The Labute approximate surface area is 113 Å². The first-order valence-corrected chi connectivity index (χ1v) is 6.70. The smallest absolute Gasteiger partial charge is 0.378 e. The highest BCUT2D eigenvalue weighted by atomic mass is 32.2. The summed E-state index contributed by atoms with van der Waals surface area (Å²) in [4.78, 5) is 42.6. The second-order valence-electron chi connectivity index (χ2n) is 2.67. The molecule has 0 atom stereocenters. The van der Waals surface area contributed by atoms with Crippen LogP contribution in [-0.2, 0) is 44.5 Å². The van der Waals surface area contributed by atoms with Crippen LogP contribution in [0.5, 0.6) is 0 Å². The number of amides is 2. The average molecular weight is 356 g/mol. The van der Waals surface area contributed by atoms with Gasteiger partial charge in [0.15, 0.2) is 0 Å². The van der Waals surface area contributed by atoms with Crippen molar-refractivity contribution in [3.63, 3.8) is 0 Å². The summed E-state index contributed by atoms with van der Waals surface area (Å²) in [5.41, 5.74) is 0. The highest BCUT2D eigenvalue weighted by Crippen LogP contribution is 2.03. The first kappa shape index (κ1) is 18.8. The third-order valence-corrected chi connectivity index (χ3v) is 2.40. The maximum absolute atomic E-state index is 12.5. The number of hydrogen-bond acceptors (Lipinski definition) is 9. The molecule has 0 saturated carbocycles. The van der Waals surface area contributed by atoms with Crippen molar-refractivity contribution in [1.82, 2.24) is 9.05 Å². The van der Waals surface area contributed by atoms with E-state index in [1.54, 1.807) is 0 Å². The Morgan fingerprint density at radius 3 is 1.19 bits per heavy atom. The van der Waals surface area contributed by atoms with Crippen molar-refractivity contribution in [2.45, 2.75) is 0 Å². The Bertz CT molecular complexity index is 636. The van der Waals surface area contributed by atoms with E-state index in [2.05, 4.69) is 4.74 Å². The molecule has 2 amide bonds. The Morgan fingerprint density at radius 2 is 1.00 bits per heavy atom. The van der Waals surface area contributed by atoms with E-state index in [1.165, 1.54) is 0 Å². The molecule has 0 aliphatic carbocycles. The first-order chi connectivity index (χ1) is 9.19. The number of esters is 2. The van der Waals surface area contributed by atoms with Crippen LogP contribution in [0.25, 0.3) is 0 Å². The number of rotatable bonds is 2. The number of nitrogens with zero attached hydrogens (tertiary/aromatic N) is 2. The van der Waals surface area contributed by atoms with Gasteiger partial charge in [0, 0.05) is 0 Å². The summed E-state index contributed by atoms with van der Waals surface area (Å²) in [6, 6.07) is 0. The molecule has 0 radical (unpaired) electrons. The Morgan fingerprint density at radius 1 is 0.762 bits per heavy atom. The van der Waals surface area contributed by atoms with Gasteiger partial charge in [-0.2, -0.15) is 16.8 Å². The predicted octanol–water partition coefficient (Wildman–Crippen LogP) is -2.91. The molecule has 120 valence electrons. The van der Waals surface area contributed by atoms with E-state index in [0.29, 0.717) is 0 Å². The summed E-state index contributed by atoms with van der Waals surface area (Å²) in [7, 11) is -11.7. The van der Waals surface area contributed by atoms with Gasteiger partial charge in [0.25, 0.3) is 0 Å². The lowest BCUT2D eigenvalue weighted by Crippen LogP contribution is -2.41. The fourth-order valence-electron chi connectivity index (χ4n) is 0.525. The predicted molar refractivity (Wildman–Crippen MR) is 50.1 cm³/mol. The van der Waals surface area contributed by atoms with Crippen molar-refractivity contribution in [1.29, 1.82) is 0 Å². The topological polar surface area (TPSA) is 193 Å². The van der Waals surface area contributed by atoms with E-state index < -0.39 is 53.4 Å². The Kier molecular flexibility index (Phi) is 5.39. The molecule has 0 saturated heterocycles. The second kappa shape index (κ2) is 6.03. The SMILES string of the molecule is O=C(OC(=O)C(=O)N(F)S(=O)(=O)O)C(=O)N(F)S(=O)(=O)O. The number of hydrogen-bond donors (Lipinski definition) is 2. The molecule has 0 aromatic heterocycles. The van der Waals surface area contributed by atoms with Crippen molar-refractivity contribution in [2.24, 2.45) is 0 Å². The van der Waals surface area contributed by atoms with E-state index in [4.69, 9.17) is 9.11 Å². The number of halogens is 2. The van der Waals surface area contributed by atoms with Crippen LogP contribution in [0.1, 0.15) is 0 Å². The van der Waals surface area contributed by atoms with Gasteiger partial charge in [-0.05, 0) is 9.05 Å². The zero-order chi connectivity index (χ0) is 17.2. The Hall–Kier alpha value is -2.24. The van der Waals surface area contributed by atoms with Gasteiger partial charge >= 0.3 is 44.4 Å². The fourth-order valence-corrected chi connectivity index (χ4v) is 1.09. The van der Waals surface area contributed by atoms with E-state index in [-0.39, 0.29) is 0 Å². The van der Waals surface area contributed by atoms with E-state index in [0.717, 1.165) is 0 Å². The van der Waals surface area contributed by atoms with E-state index in [9.17, 15) is 45.0 Å². The second-order valence-corrected chi connectivity index (χ2v) is 5.11. The van der Waals surface area contributed by atoms with Crippen LogP contribution in [0.4, 0.5) is 8.96 Å². The molecule has 21 heavy (non-hydrogen) atoms. The van der Waals surface area contributed by atoms with Crippen LogP contribution < -0.4 is 0 Å². The molecule has 0 bridgehead atoms. The molecule has 17 heteroatoms. The van der Waals surface area contributed by atoms with Gasteiger partial charge in [-0.15, -0.1) is 0 Å². The van der Waals surface area contributed by atoms with Gasteiger partial charge in [0.05, 0.1) is 0 Å². The summed E-state index contributed by atoms with van der Waals surface area (Å²) in [6.45, 7) is 0. The Balaban J connectivity index is 5.01. The van der Waals surface area contributed by atoms with Crippen molar-refractivity contribution >= 4 is 44.4 Å². The van der Waals surface area contributed by atoms with Crippen molar-refractivity contribution < 1.29 is 58.8 Å². The summed E-state index contributed by atoms with van der Waals surface area (Å²) < 4.78 is 80.2. The highest BCUT2D eigenvalue weighted by Gasteiger charge is 2.39. The molecule has 0 aliphatic rings. The molecule has 0 aromatic rings. The number of ether oxygens (including phenoxy) is 1. The summed E-state index contributed by atoms with van der Waals surface area (Å²) in [5.74, 6) is -11.1. The minimum absolute atomic E-state index is 2.09. The third-order valence-electron chi connectivity index (χ3n) is 1.26. The molecular formula is C4H2F2N2O11S2.